The number of anilines is 1. The van der Waals surface area contributed by atoms with Crippen LogP contribution in [0.1, 0.15) is 28.2 Å². The minimum absolute atomic E-state index is 0.0711. The van der Waals surface area contributed by atoms with Crippen molar-refractivity contribution in [1.82, 2.24) is 5.16 Å². The lowest BCUT2D eigenvalue weighted by Crippen LogP contribution is -2.38. The van der Waals surface area contributed by atoms with E-state index >= 15 is 0 Å². The number of carbonyl (C=O) groups is 2. The van der Waals surface area contributed by atoms with Crippen LogP contribution in [0.2, 0.25) is 0 Å². The molecule has 1 aliphatic heterocycles. The smallest absolute Gasteiger partial charge is 0.233 e. The summed E-state index contributed by atoms with van der Waals surface area (Å²) in [6.45, 7) is 2.21. The molecule has 102 valence electrons. The normalized spacial score (nSPS) is 14.2. The number of hydrogen-bond acceptors (Lipinski definition) is 4. The number of rotatable bonds is 2. The average molecular weight is 270 g/mol. The second kappa shape index (κ2) is 4.92. The van der Waals surface area contributed by atoms with Gasteiger partial charge < -0.3 is 9.42 Å². The van der Waals surface area contributed by atoms with Crippen LogP contribution in [0.3, 0.4) is 0 Å². The van der Waals surface area contributed by atoms with E-state index in [0.717, 1.165) is 0 Å². The fourth-order valence-corrected chi connectivity index (χ4v) is 2.42. The summed E-state index contributed by atoms with van der Waals surface area (Å²) in [5.74, 6) is 0.696. The van der Waals surface area contributed by atoms with Crippen molar-refractivity contribution in [2.75, 3.05) is 11.4 Å². The van der Waals surface area contributed by atoms with E-state index in [1.165, 1.54) is 0 Å². The van der Waals surface area contributed by atoms with Crippen molar-refractivity contribution < 1.29 is 14.1 Å². The number of ketones is 1. The maximum absolute atomic E-state index is 12.4. The molecule has 0 unspecified atom stereocenters. The van der Waals surface area contributed by atoms with Crippen molar-refractivity contribution in [3.8, 4) is 0 Å². The third kappa shape index (κ3) is 2.22. The Balaban J connectivity index is 1.86. The number of amides is 1. The zero-order valence-corrected chi connectivity index (χ0v) is 11.1. The molecule has 5 heteroatoms. The topological polar surface area (TPSA) is 63.4 Å². The number of aryl methyl sites for hydroxylation is 1. The Bertz CT molecular complexity index is 675. The van der Waals surface area contributed by atoms with E-state index in [-0.39, 0.29) is 18.1 Å². The zero-order valence-electron chi connectivity index (χ0n) is 11.1. The highest BCUT2D eigenvalue weighted by molar-refractivity contribution is 6.09. The molecule has 1 aliphatic rings. The fraction of sp³-hybridized carbons (Fsp3) is 0.267. The number of hydrogen-bond donors (Lipinski definition) is 0. The van der Waals surface area contributed by atoms with E-state index in [4.69, 9.17) is 4.52 Å². The molecule has 20 heavy (non-hydrogen) atoms. The summed E-state index contributed by atoms with van der Waals surface area (Å²) in [5.41, 5.74) is 1.92. The maximum atomic E-state index is 12.4. The minimum Gasteiger partial charge on any atom is -0.361 e. The number of Topliss-reactive ketones (excluding diaryl/α,β-unsaturated/α-hetero) is 1. The molecule has 2 heterocycles. The van der Waals surface area contributed by atoms with Gasteiger partial charge in [-0.2, -0.15) is 0 Å². The van der Waals surface area contributed by atoms with Gasteiger partial charge >= 0.3 is 0 Å². The van der Waals surface area contributed by atoms with Crippen molar-refractivity contribution in [1.29, 1.82) is 0 Å². The molecule has 0 fully saturated rings. The summed E-state index contributed by atoms with van der Waals surface area (Å²) in [5, 5.41) is 3.83. The molecule has 2 aromatic rings. The standard InChI is InChI=1S/C15H14N2O3/c1-10-8-11(16-20-10)9-15(19)17-7-6-14(18)12-4-2-3-5-13(12)17/h2-5,8H,6-7,9H2,1H3. The van der Waals surface area contributed by atoms with Crippen LogP contribution in [0.25, 0.3) is 0 Å². The molecule has 0 bridgehead atoms. The molecule has 0 saturated carbocycles. The van der Waals surface area contributed by atoms with Crippen LogP contribution in [0.15, 0.2) is 34.9 Å². The molecule has 0 saturated heterocycles. The number of benzene rings is 1. The highest BCUT2D eigenvalue weighted by Gasteiger charge is 2.27. The van der Waals surface area contributed by atoms with Gasteiger partial charge in [-0.1, -0.05) is 17.3 Å². The molecule has 0 aliphatic carbocycles. The Morgan fingerprint density at radius 2 is 2.20 bits per heavy atom. The van der Waals surface area contributed by atoms with Crippen molar-refractivity contribution >= 4 is 17.4 Å². The Hall–Kier alpha value is -2.43. The van der Waals surface area contributed by atoms with E-state index in [2.05, 4.69) is 5.16 Å². The van der Waals surface area contributed by atoms with E-state index < -0.39 is 0 Å². The number of aromatic nitrogens is 1. The zero-order chi connectivity index (χ0) is 14.1. The number of carbonyl (C=O) groups excluding carboxylic acids is 2. The summed E-state index contributed by atoms with van der Waals surface area (Å²) >= 11 is 0. The molecular weight excluding hydrogens is 256 g/mol. The lowest BCUT2D eigenvalue weighted by atomic mass is 10.00. The Morgan fingerprint density at radius 3 is 2.95 bits per heavy atom. The third-order valence-corrected chi connectivity index (χ3v) is 3.37. The molecule has 5 nitrogen and oxygen atoms in total. The van der Waals surface area contributed by atoms with Crippen LogP contribution in [-0.4, -0.2) is 23.4 Å². The van der Waals surface area contributed by atoms with Crippen LogP contribution in [0.5, 0.6) is 0 Å². The van der Waals surface area contributed by atoms with Gasteiger partial charge in [-0.25, -0.2) is 0 Å². The van der Waals surface area contributed by atoms with Gasteiger partial charge in [0.1, 0.15) is 5.76 Å². The highest BCUT2D eigenvalue weighted by atomic mass is 16.5. The van der Waals surface area contributed by atoms with E-state index in [1.807, 2.05) is 12.1 Å². The van der Waals surface area contributed by atoms with Gasteiger partial charge in [-0.3, -0.25) is 9.59 Å². The fourth-order valence-electron chi connectivity index (χ4n) is 2.42. The predicted molar refractivity (Wildman–Crippen MR) is 72.7 cm³/mol. The maximum Gasteiger partial charge on any atom is 0.233 e. The van der Waals surface area contributed by atoms with Gasteiger partial charge in [0.05, 0.1) is 17.8 Å². The summed E-state index contributed by atoms with van der Waals surface area (Å²) in [4.78, 5) is 25.9. The average Bonchev–Trinajstić information content (AvgIpc) is 2.84. The Morgan fingerprint density at radius 1 is 1.40 bits per heavy atom. The molecule has 3 rings (SSSR count). The first-order chi connectivity index (χ1) is 9.65. The van der Waals surface area contributed by atoms with Crippen LogP contribution in [-0.2, 0) is 11.2 Å². The summed E-state index contributed by atoms with van der Waals surface area (Å²) in [6, 6.07) is 8.96. The molecule has 0 radical (unpaired) electrons. The second-order valence-electron chi connectivity index (χ2n) is 4.84. The molecule has 0 spiro atoms. The number of nitrogens with zero attached hydrogens (tertiary/aromatic N) is 2. The minimum atomic E-state index is -0.0711. The largest absolute Gasteiger partial charge is 0.361 e. The number of para-hydroxylation sites is 1. The van der Waals surface area contributed by atoms with Crippen LogP contribution in [0.4, 0.5) is 5.69 Å². The quantitative estimate of drug-likeness (QED) is 0.838. The van der Waals surface area contributed by atoms with Crippen molar-refractivity contribution in [3.05, 3.63) is 47.3 Å². The molecule has 0 atom stereocenters. The third-order valence-electron chi connectivity index (χ3n) is 3.37. The van der Waals surface area contributed by atoms with Gasteiger partial charge in [0.25, 0.3) is 0 Å². The number of fused-ring (bicyclic) bond motifs is 1. The highest BCUT2D eigenvalue weighted by Crippen LogP contribution is 2.27. The van der Waals surface area contributed by atoms with Gasteiger partial charge in [0.15, 0.2) is 5.78 Å². The molecular formula is C15H14N2O3. The first-order valence-corrected chi connectivity index (χ1v) is 6.50. The van der Waals surface area contributed by atoms with Crippen LogP contribution < -0.4 is 4.90 Å². The summed E-state index contributed by atoms with van der Waals surface area (Å²) in [7, 11) is 0. The second-order valence-corrected chi connectivity index (χ2v) is 4.84. The van der Waals surface area contributed by atoms with Gasteiger partial charge in [-0.15, -0.1) is 0 Å². The summed E-state index contributed by atoms with van der Waals surface area (Å²) < 4.78 is 4.96. The Kier molecular flexibility index (Phi) is 3.10. The molecule has 1 aromatic carbocycles. The van der Waals surface area contributed by atoms with E-state index in [1.54, 1.807) is 30.0 Å². The van der Waals surface area contributed by atoms with Crippen LogP contribution >= 0.6 is 0 Å². The van der Waals surface area contributed by atoms with Crippen LogP contribution in [0, 0.1) is 6.92 Å². The lowest BCUT2D eigenvalue weighted by molar-refractivity contribution is -0.118. The van der Waals surface area contributed by atoms with E-state index in [0.29, 0.717) is 35.7 Å². The van der Waals surface area contributed by atoms with Gasteiger partial charge in [0, 0.05) is 24.6 Å². The monoisotopic (exact) mass is 270 g/mol. The summed E-state index contributed by atoms with van der Waals surface area (Å²) in [6.07, 6.45) is 0.542. The first-order valence-electron chi connectivity index (χ1n) is 6.50. The van der Waals surface area contributed by atoms with Gasteiger partial charge in [-0.05, 0) is 19.1 Å². The first kappa shape index (κ1) is 12.6. The SMILES string of the molecule is Cc1cc(CC(=O)N2CCC(=O)c3ccccc32)no1. The van der Waals surface area contributed by atoms with E-state index in [9.17, 15) is 9.59 Å². The Labute approximate surface area is 116 Å². The van der Waals surface area contributed by atoms with Crippen molar-refractivity contribution in [2.24, 2.45) is 0 Å². The molecule has 0 N–H and O–H groups in total. The lowest BCUT2D eigenvalue weighted by Gasteiger charge is -2.28. The predicted octanol–water partition coefficient (Wildman–Crippen LogP) is 2.15. The molecule has 1 amide bonds. The molecule has 1 aromatic heterocycles. The van der Waals surface area contributed by atoms with Gasteiger partial charge in [0.2, 0.25) is 5.91 Å². The van der Waals surface area contributed by atoms with Crippen molar-refractivity contribution in [3.63, 3.8) is 0 Å². The van der Waals surface area contributed by atoms with Crippen molar-refractivity contribution in [2.45, 2.75) is 19.8 Å².